The second-order valence-corrected chi connectivity index (χ2v) is 4.88. The van der Waals surface area contributed by atoms with Crippen molar-refractivity contribution >= 4 is 17.3 Å². The first kappa shape index (κ1) is 12.0. The lowest BCUT2D eigenvalue weighted by atomic mass is 10.1. The molecular weight excluding hydrogens is 276 g/mol. The summed E-state index contributed by atoms with van der Waals surface area (Å²) in [6, 6.07) is 5.05. The Kier molecular flexibility index (Phi) is 2.47. The van der Waals surface area contributed by atoms with Gasteiger partial charge in [-0.25, -0.2) is 9.78 Å². The van der Waals surface area contributed by atoms with Crippen LogP contribution in [0.3, 0.4) is 0 Å². The van der Waals surface area contributed by atoms with Crippen LogP contribution in [0.5, 0.6) is 5.75 Å². The van der Waals surface area contributed by atoms with Crippen LogP contribution in [0.4, 0.5) is 4.79 Å². The average Bonchev–Trinajstić information content (AvgIpc) is 2.98. The molecule has 4 rings (SSSR count). The molecule has 0 unspecified atom stereocenters. The summed E-state index contributed by atoms with van der Waals surface area (Å²) < 4.78 is 15.4. The number of rotatable bonds is 3. The number of aromatic nitrogens is 2. The molecule has 21 heavy (non-hydrogen) atoms. The molecular formula is C14H10N2O5. The van der Waals surface area contributed by atoms with Crippen molar-refractivity contribution in [3.05, 3.63) is 30.2 Å². The molecule has 0 saturated heterocycles. The van der Waals surface area contributed by atoms with E-state index in [0.717, 1.165) is 18.5 Å². The van der Waals surface area contributed by atoms with E-state index in [1.807, 2.05) is 0 Å². The molecule has 7 heteroatoms. The van der Waals surface area contributed by atoms with E-state index >= 15 is 0 Å². The topological polar surface area (TPSA) is 98.6 Å². The maximum absolute atomic E-state index is 10.9. The molecule has 0 atom stereocenters. The fourth-order valence-corrected chi connectivity index (χ4v) is 2.28. The van der Waals surface area contributed by atoms with Crippen molar-refractivity contribution in [2.24, 2.45) is 0 Å². The maximum atomic E-state index is 10.9. The molecule has 7 nitrogen and oxygen atoms in total. The highest BCUT2D eigenvalue weighted by Gasteiger charge is 2.29. The summed E-state index contributed by atoms with van der Waals surface area (Å²) >= 11 is 0. The van der Waals surface area contributed by atoms with Gasteiger partial charge in [0.25, 0.3) is 5.71 Å². The van der Waals surface area contributed by atoms with Gasteiger partial charge in [0.1, 0.15) is 5.39 Å². The minimum atomic E-state index is -1.39. The van der Waals surface area contributed by atoms with Gasteiger partial charge < -0.3 is 18.8 Å². The van der Waals surface area contributed by atoms with Gasteiger partial charge in [-0.05, 0) is 25.0 Å². The predicted molar refractivity (Wildman–Crippen MR) is 70.1 cm³/mol. The Bertz CT molecular complexity index is 817. The summed E-state index contributed by atoms with van der Waals surface area (Å²) in [4.78, 5) is 15.3. The molecule has 1 saturated carbocycles. The molecule has 1 aliphatic rings. The highest BCUT2D eigenvalue weighted by atomic mass is 16.7. The summed E-state index contributed by atoms with van der Waals surface area (Å²) in [5.74, 6) is 0.967. The van der Waals surface area contributed by atoms with E-state index in [4.69, 9.17) is 18.8 Å². The van der Waals surface area contributed by atoms with E-state index in [-0.39, 0.29) is 11.5 Å². The first-order valence-electron chi connectivity index (χ1n) is 6.47. The molecule has 3 aromatic rings. The molecule has 0 amide bonds. The second-order valence-electron chi connectivity index (χ2n) is 4.88. The van der Waals surface area contributed by atoms with Crippen molar-refractivity contribution in [2.75, 3.05) is 0 Å². The van der Waals surface area contributed by atoms with Crippen LogP contribution in [0.25, 0.3) is 22.6 Å². The van der Waals surface area contributed by atoms with Gasteiger partial charge >= 0.3 is 6.16 Å². The highest BCUT2D eigenvalue weighted by Crippen LogP contribution is 2.43. The normalized spacial score (nSPS) is 14.5. The minimum Gasteiger partial charge on any atom is -0.463 e. The maximum Gasteiger partial charge on any atom is 0.511 e. The third-order valence-electron chi connectivity index (χ3n) is 3.38. The van der Waals surface area contributed by atoms with Crippen LogP contribution in [0.2, 0.25) is 0 Å². The Labute approximate surface area is 118 Å². The third kappa shape index (κ3) is 2.03. The van der Waals surface area contributed by atoms with E-state index < -0.39 is 6.16 Å². The van der Waals surface area contributed by atoms with Crippen LogP contribution < -0.4 is 4.74 Å². The SMILES string of the molecule is O=C(O)Oc1cc(C2CC2)nc2onc(-c3ccco3)c12. The molecule has 0 radical (unpaired) electrons. The Morgan fingerprint density at radius 1 is 1.43 bits per heavy atom. The number of nitrogens with zero attached hydrogens (tertiary/aromatic N) is 2. The lowest BCUT2D eigenvalue weighted by molar-refractivity contribution is 0.145. The molecule has 1 fully saturated rings. The highest BCUT2D eigenvalue weighted by molar-refractivity contribution is 5.94. The van der Waals surface area contributed by atoms with Gasteiger partial charge in [-0.3, -0.25) is 0 Å². The zero-order valence-corrected chi connectivity index (χ0v) is 10.8. The fraction of sp³-hybridized carbons (Fsp3) is 0.214. The lowest BCUT2D eigenvalue weighted by Gasteiger charge is -2.04. The summed E-state index contributed by atoms with van der Waals surface area (Å²) in [6.07, 6.45) is 2.17. The summed E-state index contributed by atoms with van der Waals surface area (Å²) in [5, 5.41) is 13.2. The van der Waals surface area contributed by atoms with E-state index in [2.05, 4.69) is 10.1 Å². The number of hydrogen-bond acceptors (Lipinski definition) is 6. The zero-order chi connectivity index (χ0) is 14.4. The zero-order valence-electron chi connectivity index (χ0n) is 10.8. The van der Waals surface area contributed by atoms with Gasteiger partial charge in [0, 0.05) is 12.0 Å². The van der Waals surface area contributed by atoms with Gasteiger partial charge in [0.15, 0.2) is 17.2 Å². The van der Waals surface area contributed by atoms with E-state index in [9.17, 15) is 4.79 Å². The Morgan fingerprint density at radius 2 is 2.29 bits per heavy atom. The monoisotopic (exact) mass is 286 g/mol. The molecule has 0 bridgehead atoms. The van der Waals surface area contributed by atoms with E-state index in [1.165, 1.54) is 6.26 Å². The minimum absolute atomic E-state index is 0.169. The van der Waals surface area contributed by atoms with Crippen LogP contribution in [-0.4, -0.2) is 21.4 Å². The largest absolute Gasteiger partial charge is 0.511 e. The summed E-state index contributed by atoms with van der Waals surface area (Å²) in [7, 11) is 0. The van der Waals surface area contributed by atoms with Gasteiger partial charge in [-0.1, -0.05) is 5.16 Å². The molecule has 0 spiro atoms. The van der Waals surface area contributed by atoms with Gasteiger partial charge in [0.2, 0.25) is 0 Å². The number of carbonyl (C=O) groups is 1. The first-order chi connectivity index (χ1) is 10.2. The van der Waals surface area contributed by atoms with Crippen molar-refractivity contribution in [3.63, 3.8) is 0 Å². The van der Waals surface area contributed by atoms with Crippen LogP contribution in [-0.2, 0) is 0 Å². The molecule has 106 valence electrons. The number of ether oxygens (including phenoxy) is 1. The van der Waals surface area contributed by atoms with Crippen molar-refractivity contribution in [1.29, 1.82) is 0 Å². The number of hydrogen-bond donors (Lipinski definition) is 1. The second kappa shape index (κ2) is 4.34. The lowest BCUT2D eigenvalue weighted by Crippen LogP contribution is -2.04. The standard InChI is InChI=1S/C14H10N2O5/c17-14(18)20-10-6-8(7-3-4-7)15-13-11(10)12(16-21-13)9-2-1-5-19-9/h1-2,5-7H,3-4H2,(H,17,18). The van der Waals surface area contributed by atoms with Gasteiger partial charge in [0.05, 0.1) is 12.0 Å². The molecule has 3 heterocycles. The van der Waals surface area contributed by atoms with Crippen LogP contribution >= 0.6 is 0 Å². The van der Waals surface area contributed by atoms with Gasteiger partial charge in [-0.2, -0.15) is 0 Å². The van der Waals surface area contributed by atoms with Crippen molar-refractivity contribution in [1.82, 2.24) is 10.1 Å². The quantitative estimate of drug-likeness (QED) is 0.736. The Morgan fingerprint density at radius 3 is 2.95 bits per heavy atom. The smallest absolute Gasteiger partial charge is 0.463 e. The van der Waals surface area contributed by atoms with Crippen molar-refractivity contribution in [3.8, 4) is 17.2 Å². The van der Waals surface area contributed by atoms with E-state index in [0.29, 0.717) is 22.8 Å². The molecule has 1 N–H and O–H groups in total. The van der Waals surface area contributed by atoms with Crippen molar-refractivity contribution < 1.29 is 23.6 Å². The average molecular weight is 286 g/mol. The molecule has 1 aliphatic carbocycles. The van der Waals surface area contributed by atoms with Gasteiger partial charge in [-0.15, -0.1) is 0 Å². The third-order valence-corrected chi connectivity index (χ3v) is 3.38. The Hall–Kier alpha value is -2.83. The fourth-order valence-electron chi connectivity index (χ4n) is 2.28. The van der Waals surface area contributed by atoms with Crippen LogP contribution in [0.15, 0.2) is 33.4 Å². The number of carboxylic acid groups (broad SMARTS) is 1. The molecule has 3 aromatic heterocycles. The number of furan rings is 1. The summed E-state index contributed by atoms with van der Waals surface area (Å²) in [5.41, 5.74) is 1.39. The first-order valence-corrected chi connectivity index (χ1v) is 6.47. The predicted octanol–water partition coefficient (Wildman–Crippen LogP) is 3.42. The molecule has 0 aliphatic heterocycles. The molecule has 0 aromatic carbocycles. The summed E-state index contributed by atoms with van der Waals surface area (Å²) in [6.45, 7) is 0. The van der Waals surface area contributed by atoms with E-state index in [1.54, 1.807) is 18.2 Å². The Balaban J connectivity index is 1.94. The van der Waals surface area contributed by atoms with Crippen LogP contribution in [0.1, 0.15) is 24.5 Å². The number of fused-ring (bicyclic) bond motifs is 1. The van der Waals surface area contributed by atoms with Crippen molar-refractivity contribution in [2.45, 2.75) is 18.8 Å². The van der Waals surface area contributed by atoms with Crippen LogP contribution in [0, 0.1) is 0 Å². The number of pyridine rings is 1.